The van der Waals surface area contributed by atoms with E-state index < -0.39 is 4.92 Å². The first-order valence-electron chi connectivity index (χ1n) is 9.86. The Morgan fingerprint density at radius 3 is 2.40 bits per heavy atom. The quantitative estimate of drug-likeness (QED) is 0.477. The number of nitro benzene ring substituents is 1. The van der Waals surface area contributed by atoms with E-state index in [-0.39, 0.29) is 37.1 Å². The van der Waals surface area contributed by atoms with Gasteiger partial charge in [0.05, 0.1) is 18.0 Å². The lowest BCUT2D eigenvalue weighted by atomic mass is 10.1. The van der Waals surface area contributed by atoms with Crippen LogP contribution in [0.4, 0.5) is 11.4 Å². The zero-order chi connectivity index (χ0) is 22.1. The minimum absolute atomic E-state index is 0.0276. The van der Waals surface area contributed by atoms with Crippen molar-refractivity contribution in [3.8, 4) is 0 Å². The minimum atomic E-state index is -0.426. The fourth-order valence-corrected chi connectivity index (χ4v) is 3.14. The van der Waals surface area contributed by atoms with Crippen LogP contribution in [0.1, 0.15) is 24.5 Å². The highest BCUT2D eigenvalue weighted by Crippen LogP contribution is 2.19. The highest BCUT2D eigenvalue weighted by atomic mass is 16.6. The fraction of sp³-hybridized carbons (Fsp3) is 0.364. The molecule has 0 aromatic heterocycles. The van der Waals surface area contributed by atoms with Gasteiger partial charge in [-0.1, -0.05) is 43.3 Å². The Labute approximate surface area is 176 Å². The lowest BCUT2D eigenvalue weighted by Crippen LogP contribution is -2.43. The molecule has 0 radical (unpaired) electrons. The predicted octanol–water partition coefficient (Wildman–Crippen LogP) is 3.21. The van der Waals surface area contributed by atoms with E-state index in [1.165, 1.54) is 11.0 Å². The van der Waals surface area contributed by atoms with Crippen LogP contribution in [-0.4, -0.2) is 53.2 Å². The van der Waals surface area contributed by atoms with Crippen LogP contribution in [0.5, 0.6) is 0 Å². The fourth-order valence-electron chi connectivity index (χ4n) is 3.14. The van der Waals surface area contributed by atoms with Crippen LogP contribution in [0.25, 0.3) is 0 Å². The Kier molecular flexibility index (Phi) is 8.49. The topological polar surface area (TPSA) is 95.8 Å². The van der Waals surface area contributed by atoms with Crippen LogP contribution in [-0.2, 0) is 16.1 Å². The number of likely N-dealkylation sites (N-methyl/N-ethyl adjacent to an activating group) is 1. The molecule has 2 aromatic rings. The molecule has 2 aromatic carbocycles. The summed E-state index contributed by atoms with van der Waals surface area (Å²) >= 11 is 0. The largest absolute Gasteiger partial charge is 0.332 e. The van der Waals surface area contributed by atoms with Gasteiger partial charge in [0.2, 0.25) is 11.8 Å². The van der Waals surface area contributed by atoms with Gasteiger partial charge in [-0.05, 0) is 32.0 Å². The molecule has 0 aliphatic carbocycles. The van der Waals surface area contributed by atoms with E-state index in [9.17, 15) is 19.7 Å². The number of para-hydroxylation sites is 2. The van der Waals surface area contributed by atoms with Gasteiger partial charge >= 0.3 is 0 Å². The number of rotatable bonds is 10. The SMILES string of the molecule is CCCN(CC(=O)Nc1ccccc1C)C(=O)CN(C)Cc1ccccc1[N+](=O)[O-]. The number of nitrogens with zero attached hydrogens (tertiary/aromatic N) is 3. The van der Waals surface area contributed by atoms with Crippen molar-refractivity contribution < 1.29 is 14.5 Å². The summed E-state index contributed by atoms with van der Waals surface area (Å²) in [5.74, 6) is -0.453. The maximum absolute atomic E-state index is 12.8. The van der Waals surface area contributed by atoms with Crippen molar-refractivity contribution in [3.05, 3.63) is 69.8 Å². The third-order valence-electron chi connectivity index (χ3n) is 4.63. The minimum Gasteiger partial charge on any atom is -0.332 e. The summed E-state index contributed by atoms with van der Waals surface area (Å²) in [5, 5.41) is 14.0. The molecule has 8 nitrogen and oxygen atoms in total. The molecule has 0 atom stereocenters. The first-order valence-corrected chi connectivity index (χ1v) is 9.86. The number of carbonyl (C=O) groups excluding carboxylic acids is 2. The molecule has 0 fully saturated rings. The van der Waals surface area contributed by atoms with Crippen LogP contribution in [0.2, 0.25) is 0 Å². The number of aryl methyl sites for hydroxylation is 1. The summed E-state index contributed by atoms with van der Waals surface area (Å²) in [6, 6.07) is 13.9. The molecule has 0 saturated carbocycles. The van der Waals surface area contributed by atoms with Crippen molar-refractivity contribution >= 4 is 23.2 Å². The third-order valence-corrected chi connectivity index (χ3v) is 4.63. The van der Waals surface area contributed by atoms with Gasteiger partial charge in [0.25, 0.3) is 5.69 Å². The van der Waals surface area contributed by atoms with E-state index in [0.717, 1.165) is 17.7 Å². The van der Waals surface area contributed by atoms with E-state index in [4.69, 9.17) is 0 Å². The van der Waals surface area contributed by atoms with Crippen molar-refractivity contribution in [1.82, 2.24) is 9.80 Å². The summed E-state index contributed by atoms with van der Waals surface area (Å²) in [4.78, 5) is 39.2. The smallest absolute Gasteiger partial charge is 0.273 e. The van der Waals surface area contributed by atoms with Gasteiger partial charge < -0.3 is 10.2 Å². The molecule has 0 bridgehead atoms. The van der Waals surface area contributed by atoms with Crippen molar-refractivity contribution in [3.63, 3.8) is 0 Å². The molecular weight excluding hydrogens is 384 g/mol. The predicted molar refractivity (Wildman–Crippen MR) is 116 cm³/mol. The number of hydrogen-bond acceptors (Lipinski definition) is 5. The Balaban J connectivity index is 1.98. The van der Waals surface area contributed by atoms with E-state index in [1.54, 1.807) is 30.1 Å². The molecule has 2 amide bonds. The third kappa shape index (κ3) is 6.66. The Morgan fingerprint density at radius 2 is 1.73 bits per heavy atom. The van der Waals surface area contributed by atoms with Gasteiger partial charge in [0.1, 0.15) is 0 Å². The van der Waals surface area contributed by atoms with Crippen LogP contribution >= 0.6 is 0 Å². The molecule has 0 saturated heterocycles. The summed E-state index contributed by atoms with van der Waals surface area (Å²) in [7, 11) is 1.73. The molecule has 0 spiro atoms. The molecule has 0 aliphatic heterocycles. The lowest BCUT2D eigenvalue weighted by molar-refractivity contribution is -0.385. The Morgan fingerprint density at radius 1 is 1.07 bits per heavy atom. The number of anilines is 1. The van der Waals surface area contributed by atoms with Crippen molar-refractivity contribution in [2.75, 3.05) is 32.0 Å². The molecule has 0 unspecified atom stereocenters. The van der Waals surface area contributed by atoms with Crippen LogP contribution in [0.3, 0.4) is 0 Å². The average molecular weight is 412 g/mol. The maximum Gasteiger partial charge on any atom is 0.273 e. The van der Waals surface area contributed by atoms with E-state index in [1.807, 2.05) is 38.1 Å². The number of carbonyl (C=O) groups is 2. The standard InChI is InChI=1S/C22H28N4O4/c1-4-13-25(15-21(27)23-19-11-7-5-9-17(19)2)22(28)16-24(3)14-18-10-6-8-12-20(18)26(29)30/h5-12H,4,13-16H2,1-3H3,(H,23,27). The second-order valence-corrected chi connectivity index (χ2v) is 7.24. The van der Waals surface area contributed by atoms with Gasteiger partial charge in [-0.25, -0.2) is 0 Å². The second-order valence-electron chi connectivity index (χ2n) is 7.24. The molecular formula is C22H28N4O4. The number of nitro groups is 1. The average Bonchev–Trinajstić information content (AvgIpc) is 2.69. The maximum atomic E-state index is 12.8. The molecule has 8 heteroatoms. The van der Waals surface area contributed by atoms with Crippen molar-refractivity contribution in [2.45, 2.75) is 26.8 Å². The monoisotopic (exact) mass is 412 g/mol. The number of benzene rings is 2. The highest BCUT2D eigenvalue weighted by molar-refractivity contribution is 5.95. The van der Waals surface area contributed by atoms with Crippen LogP contribution in [0, 0.1) is 17.0 Å². The molecule has 2 rings (SSSR count). The number of hydrogen-bond donors (Lipinski definition) is 1. The molecule has 0 heterocycles. The van der Waals surface area contributed by atoms with Crippen molar-refractivity contribution in [2.24, 2.45) is 0 Å². The molecule has 0 aliphatic rings. The van der Waals surface area contributed by atoms with Crippen LogP contribution < -0.4 is 5.32 Å². The van der Waals surface area contributed by atoms with Gasteiger partial charge in [-0.2, -0.15) is 0 Å². The molecule has 160 valence electrons. The number of nitrogens with one attached hydrogen (secondary N) is 1. The lowest BCUT2D eigenvalue weighted by Gasteiger charge is -2.25. The summed E-state index contributed by atoms with van der Waals surface area (Å²) < 4.78 is 0. The summed E-state index contributed by atoms with van der Waals surface area (Å²) in [5.41, 5.74) is 2.24. The van der Waals surface area contributed by atoms with Gasteiger partial charge in [0.15, 0.2) is 0 Å². The zero-order valence-corrected chi connectivity index (χ0v) is 17.6. The van der Waals surface area contributed by atoms with Crippen molar-refractivity contribution in [1.29, 1.82) is 0 Å². The second kappa shape index (κ2) is 11.1. The highest BCUT2D eigenvalue weighted by Gasteiger charge is 2.20. The van der Waals surface area contributed by atoms with Crippen LogP contribution in [0.15, 0.2) is 48.5 Å². The summed E-state index contributed by atoms with van der Waals surface area (Å²) in [6.07, 6.45) is 0.720. The summed E-state index contributed by atoms with van der Waals surface area (Å²) in [6.45, 7) is 4.58. The van der Waals surface area contributed by atoms with E-state index in [2.05, 4.69) is 5.32 Å². The first kappa shape index (κ1) is 23.0. The molecule has 1 N–H and O–H groups in total. The Bertz CT molecular complexity index is 900. The molecule has 30 heavy (non-hydrogen) atoms. The van der Waals surface area contributed by atoms with E-state index in [0.29, 0.717) is 12.1 Å². The van der Waals surface area contributed by atoms with Gasteiger partial charge in [-0.15, -0.1) is 0 Å². The van der Waals surface area contributed by atoms with E-state index >= 15 is 0 Å². The Hall–Kier alpha value is -3.26. The first-order chi connectivity index (χ1) is 14.3. The zero-order valence-electron chi connectivity index (χ0n) is 17.6. The van der Waals surface area contributed by atoms with Gasteiger partial charge in [-0.3, -0.25) is 24.6 Å². The van der Waals surface area contributed by atoms with Gasteiger partial charge in [0, 0.05) is 30.4 Å². The normalized spacial score (nSPS) is 10.7. The number of amides is 2.